The van der Waals surface area contributed by atoms with Crippen LogP contribution < -0.4 is 0 Å². The number of benzene rings is 1. The van der Waals surface area contributed by atoms with Gasteiger partial charge in [0.2, 0.25) is 0 Å². The molecule has 0 bridgehead atoms. The van der Waals surface area contributed by atoms with E-state index in [9.17, 15) is 0 Å². The minimum absolute atomic E-state index is 0.963. The Hall–Kier alpha value is -0.340. The Balaban J connectivity index is 1.88. The van der Waals surface area contributed by atoms with E-state index in [1.807, 2.05) is 0 Å². The van der Waals surface area contributed by atoms with Crippen molar-refractivity contribution in [2.75, 3.05) is 13.1 Å². The average molecular weight is 296 g/mol. The van der Waals surface area contributed by atoms with Crippen LogP contribution in [-0.2, 0) is 6.54 Å². The van der Waals surface area contributed by atoms with Crippen LogP contribution in [0.3, 0.4) is 0 Å². The molecule has 1 saturated heterocycles. The number of likely N-dealkylation sites (tertiary alicyclic amines) is 1. The Morgan fingerprint density at radius 1 is 1.18 bits per heavy atom. The minimum atomic E-state index is 0.963. The Labute approximate surface area is 113 Å². The van der Waals surface area contributed by atoms with E-state index >= 15 is 0 Å². The summed E-state index contributed by atoms with van der Waals surface area (Å²) < 4.78 is 1.17. The van der Waals surface area contributed by atoms with Gasteiger partial charge in [-0.05, 0) is 56.0 Å². The highest BCUT2D eigenvalue weighted by atomic mass is 79.9. The van der Waals surface area contributed by atoms with Crippen molar-refractivity contribution in [3.05, 3.63) is 34.3 Å². The van der Waals surface area contributed by atoms with E-state index < -0.39 is 0 Å². The van der Waals surface area contributed by atoms with Gasteiger partial charge in [-0.15, -0.1) is 0 Å². The van der Waals surface area contributed by atoms with E-state index in [1.165, 1.54) is 48.8 Å². The van der Waals surface area contributed by atoms with E-state index in [1.54, 1.807) is 0 Å². The maximum absolute atomic E-state index is 3.49. The van der Waals surface area contributed by atoms with Crippen LogP contribution in [0.2, 0.25) is 0 Å². The first kappa shape index (κ1) is 13.1. The SMILES string of the molecule is CCC1CCCN(Cc2ccc(Br)cc2)CC1. The molecular formula is C15H22BrN. The summed E-state index contributed by atoms with van der Waals surface area (Å²) >= 11 is 3.49. The van der Waals surface area contributed by atoms with Crippen LogP contribution >= 0.6 is 15.9 Å². The van der Waals surface area contributed by atoms with Gasteiger partial charge >= 0.3 is 0 Å². The van der Waals surface area contributed by atoms with Crippen molar-refractivity contribution in [3.63, 3.8) is 0 Å². The van der Waals surface area contributed by atoms with Crippen molar-refractivity contribution in [2.24, 2.45) is 5.92 Å². The van der Waals surface area contributed by atoms with Gasteiger partial charge in [-0.3, -0.25) is 4.90 Å². The highest BCUT2D eigenvalue weighted by molar-refractivity contribution is 9.10. The molecule has 1 aromatic rings. The molecule has 1 atom stereocenters. The molecule has 0 spiro atoms. The van der Waals surface area contributed by atoms with Crippen molar-refractivity contribution in [1.82, 2.24) is 4.90 Å². The van der Waals surface area contributed by atoms with Crippen molar-refractivity contribution >= 4 is 15.9 Å². The summed E-state index contributed by atoms with van der Waals surface area (Å²) in [5.74, 6) is 0.963. The van der Waals surface area contributed by atoms with E-state index in [-0.39, 0.29) is 0 Å². The van der Waals surface area contributed by atoms with Gasteiger partial charge in [0.25, 0.3) is 0 Å². The molecule has 0 amide bonds. The molecule has 17 heavy (non-hydrogen) atoms. The molecule has 0 saturated carbocycles. The molecule has 0 N–H and O–H groups in total. The molecule has 1 nitrogen and oxygen atoms in total. The molecule has 1 aliphatic rings. The van der Waals surface area contributed by atoms with Crippen LogP contribution in [0.4, 0.5) is 0 Å². The third-order valence-electron chi connectivity index (χ3n) is 3.84. The molecule has 94 valence electrons. The molecule has 0 radical (unpaired) electrons. The van der Waals surface area contributed by atoms with E-state index in [0.29, 0.717) is 0 Å². The molecule has 0 aromatic heterocycles. The van der Waals surface area contributed by atoms with Gasteiger partial charge in [-0.25, -0.2) is 0 Å². The zero-order valence-corrected chi connectivity index (χ0v) is 12.2. The van der Waals surface area contributed by atoms with Crippen molar-refractivity contribution in [1.29, 1.82) is 0 Å². The predicted octanol–water partition coefficient (Wildman–Crippen LogP) is 4.46. The van der Waals surface area contributed by atoms with Gasteiger partial charge in [0.1, 0.15) is 0 Å². The number of hydrogen-bond donors (Lipinski definition) is 0. The third-order valence-corrected chi connectivity index (χ3v) is 4.37. The Morgan fingerprint density at radius 3 is 2.65 bits per heavy atom. The molecule has 1 heterocycles. The van der Waals surface area contributed by atoms with Gasteiger partial charge in [0.15, 0.2) is 0 Å². The van der Waals surface area contributed by atoms with Crippen LogP contribution in [-0.4, -0.2) is 18.0 Å². The second kappa shape index (κ2) is 6.55. The normalized spacial score (nSPS) is 22.4. The molecule has 1 unspecified atom stereocenters. The van der Waals surface area contributed by atoms with Gasteiger partial charge in [0, 0.05) is 11.0 Å². The maximum atomic E-state index is 3.49. The zero-order chi connectivity index (χ0) is 12.1. The van der Waals surface area contributed by atoms with Crippen molar-refractivity contribution in [3.8, 4) is 0 Å². The summed E-state index contributed by atoms with van der Waals surface area (Å²) in [5.41, 5.74) is 1.43. The average Bonchev–Trinajstić information content (AvgIpc) is 2.57. The zero-order valence-electron chi connectivity index (χ0n) is 10.7. The van der Waals surface area contributed by atoms with Crippen molar-refractivity contribution < 1.29 is 0 Å². The van der Waals surface area contributed by atoms with Gasteiger partial charge in [-0.2, -0.15) is 0 Å². The third kappa shape index (κ3) is 4.11. The van der Waals surface area contributed by atoms with Crippen LogP contribution in [0.15, 0.2) is 28.7 Å². The molecule has 0 aliphatic carbocycles. The Kier molecular flexibility index (Phi) is 5.05. The van der Waals surface area contributed by atoms with Crippen LogP contribution in [0.25, 0.3) is 0 Å². The van der Waals surface area contributed by atoms with Crippen LogP contribution in [0.1, 0.15) is 38.2 Å². The lowest BCUT2D eigenvalue weighted by Crippen LogP contribution is -2.24. The van der Waals surface area contributed by atoms with E-state index in [4.69, 9.17) is 0 Å². The first-order valence-electron chi connectivity index (χ1n) is 6.74. The number of rotatable bonds is 3. The molecular weight excluding hydrogens is 274 g/mol. The summed E-state index contributed by atoms with van der Waals surface area (Å²) in [7, 11) is 0. The fraction of sp³-hybridized carbons (Fsp3) is 0.600. The van der Waals surface area contributed by atoms with Crippen LogP contribution in [0, 0.1) is 5.92 Å². The minimum Gasteiger partial charge on any atom is -0.299 e. The lowest BCUT2D eigenvalue weighted by atomic mass is 9.98. The molecule has 1 fully saturated rings. The van der Waals surface area contributed by atoms with E-state index in [0.717, 1.165) is 12.5 Å². The Bertz CT molecular complexity index is 333. The molecule has 2 rings (SSSR count). The lowest BCUT2D eigenvalue weighted by Gasteiger charge is -2.20. The highest BCUT2D eigenvalue weighted by Crippen LogP contribution is 2.21. The first-order chi connectivity index (χ1) is 8.28. The number of halogens is 1. The Morgan fingerprint density at radius 2 is 1.94 bits per heavy atom. The van der Waals surface area contributed by atoms with Gasteiger partial charge < -0.3 is 0 Å². The maximum Gasteiger partial charge on any atom is 0.0233 e. The standard InChI is InChI=1S/C15H22BrN/c1-2-13-4-3-10-17(11-9-13)12-14-5-7-15(16)8-6-14/h5-8,13H,2-4,9-12H2,1H3. The molecule has 1 aromatic carbocycles. The second-order valence-electron chi connectivity index (χ2n) is 5.11. The quantitative estimate of drug-likeness (QED) is 0.796. The summed E-state index contributed by atoms with van der Waals surface area (Å²) in [6, 6.07) is 8.74. The lowest BCUT2D eigenvalue weighted by molar-refractivity contribution is 0.272. The highest BCUT2D eigenvalue weighted by Gasteiger charge is 2.15. The number of nitrogens with zero attached hydrogens (tertiary/aromatic N) is 1. The summed E-state index contributed by atoms with van der Waals surface area (Å²) in [4.78, 5) is 2.61. The summed E-state index contributed by atoms with van der Waals surface area (Å²) in [5, 5.41) is 0. The van der Waals surface area contributed by atoms with Crippen molar-refractivity contribution in [2.45, 2.75) is 39.2 Å². The predicted molar refractivity (Wildman–Crippen MR) is 77.1 cm³/mol. The monoisotopic (exact) mass is 295 g/mol. The summed E-state index contributed by atoms with van der Waals surface area (Å²) in [6.45, 7) is 5.99. The van der Waals surface area contributed by atoms with Crippen LogP contribution in [0.5, 0.6) is 0 Å². The van der Waals surface area contributed by atoms with Gasteiger partial charge in [0.05, 0.1) is 0 Å². The largest absolute Gasteiger partial charge is 0.299 e. The first-order valence-corrected chi connectivity index (χ1v) is 7.54. The van der Waals surface area contributed by atoms with Gasteiger partial charge in [-0.1, -0.05) is 41.4 Å². The topological polar surface area (TPSA) is 3.24 Å². The second-order valence-corrected chi connectivity index (χ2v) is 6.02. The smallest absolute Gasteiger partial charge is 0.0233 e. The molecule has 2 heteroatoms. The van der Waals surface area contributed by atoms with E-state index in [2.05, 4.69) is 52.0 Å². The fourth-order valence-corrected chi connectivity index (χ4v) is 2.90. The fourth-order valence-electron chi connectivity index (χ4n) is 2.64. The summed E-state index contributed by atoms with van der Waals surface area (Å²) in [6.07, 6.45) is 5.53. The number of hydrogen-bond acceptors (Lipinski definition) is 1. The molecule has 1 aliphatic heterocycles.